The highest BCUT2D eigenvalue weighted by molar-refractivity contribution is 5.76. The number of aromatic nitrogens is 2. The number of amides is 1. The Morgan fingerprint density at radius 1 is 1.19 bits per heavy atom. The minimum Gasteiger partial charge on any atom is -0.381 e. The zero-order valence-electron chi connectivity index (χ0n) is 15.4. The molecule has 0 bridgehead atoms. The average Bonchev–Trinajstić information content (AvgIpc) is 3.20. The molecular formula is C21H27N3O2. The Labute approximate surface area is 155 Å². The summed E-state index contributed by atoms with van der Waals surface area (Å²) >= 11 is 0. The van der Waals surface area contributed by atoms with Gasteiger partial charge in [0, 0.05) is 38.2 Å². The molecule has 5 heteroatoms. The molecule has 1 aromatic heterocycles. The third-order valence-corrected chi connectivity index (χ3v) is 5.59. The summed E-state index contributed by atoms with van der Waals surface area (Å²) in [5.74, 6) is 1.01. The van der Waals surface area contributed by atoms with Crippen LogP contribution in [0.4, 0.5) is 0 Å². The van der Waals surface area contributed by atoms with E-state index in [2.05, 4.69) is 33.8 Å². The van der Waals surface area contributed by atoms with E-state index in [1.54, 1.807) is 0 Å². The van der Waals surface area contributed by atoms with Gasteiger partial charge in [0.15, 0.2) is 0 Å². The number of hydrogen-bond donors (Lipinski definition) is 0. The third kappa shape index (κ3) is 3.68. The summed E-state index contributed by atoms with van der Waals surface area (Å²) < 4.78 is 7.82. The van der Waals surface area contributed by atoms with Crippen LogP contribution in [-0.2, 0) is 35.5 Å². The van der Waals surface area contributed by atoms with Crippen molar-refractivity contribution < 1.29 is 9.53 Å². The molecule has 1 amide bonds. The predicted molar refractivity (Wildman–Crippen MR) is 99.6 cm³/mol. The summed E-state index contributed by atoms with van der Waals surface area (Å²) in [5.41, 5.74) is 3.94. The van der Waals surface area contributed by atoms with E-state index < -0.39 is 0 Å². The second kappa shape index (κ2) is 7.62. The Morgan fingerprint density at radius 2 is 1.96 bits per heavy atom. The van der Waals surface area contributed by atoms with Crippen LogP contribution in [0, 0.1) is 11.8 Å². The maximum absolute atomic E-state index is 13.1. The molecule has 2 heterocycles. The lowest BCUT2D eigenvalue weighted by Crippen LogP contribution is -2.36. The fraction of sp³-hybridized carbons (Fsp3) is 0.524. The molecule has 5 nitrogen and oxygen atoms in total. The van der Waals surface area contributed by atoms with Crippen LogP contribution in [0.25, 0.3) is 0 Å². The Morgan fingerprint density at radius 3 is 2.69 bits per heavy atom. The van der Waals surface area contributed by atoms with Crippen LogP contribution in [0.1, 0.15) is 30.2 Å². The van der Waals surface area contributed by atoms with Gasteiger partial charge in [-0.2, -0.15) is 0 Å². The number of carbonyl (C=O) groups is 1. The van der Waals surface area contributed by atoms with Gasteiger partial charge in [-0.05, 0) is 36.8 Å². The van der Waals surface area contributed by atoms with E-state index in [4.69, 9.17) is 4.74 Å². The summed E-state index contributed by atoms with van der Waals surface area (Å²) in [6.07, 6.45) is 6.43. The first-order valence-electron chi connectivity index (χ1n) is 9.64. The molecule has 138 valence electrons. The van der Waals surface area contributed by atoms with Gasteiger partial charge in [0.05, 0.1) is 25.2 Å². The lowest BCUT2D eigenvalue weighted by molar-refractivity contribution is -0.133. The van der Waals surface area contributed by atoms with Crippen molar-refractivity contribution in [2.75, 3.05) is 19.8 Å². The molecule has 1 aliphatic carbocycles. The van der Waals surface area contributed by atoms with Gasteiger partial charge < -0.3 is 14.2 Å². The van der Waals surface area contributed by atoms with Crippen LogP contribution in [0.15, 0.2) is 36.8 Å². The molecule has 0 unspecified atom stereocenters. The summed E-state index contributed by atoms with van der Waals surface area (Å²) in [6.45, 7) is 5.70. The van der Waals surface area contributed by atoms with E-state index in [0.29, 0.717) is 38.0 Å². The molecule has 1 aliphatic heterocycles. The van der Waals surface area contributed by atoms with Gasteiger partial charge in [0.1, 0.15) is 0 Å². The Balaban J connectivity index is 1.43. The lowest BCUT2D eigenvalue weighted by Gasteiger charge is -2.25. The third-order valence-electron chi connectivity index (χ3n) is 5.59. The molecule has 1 aromatic carbocycles. The van der Waals surface area contributed by atoms with Gasteiger partial charge in [-0.1, -0.05) is 24.3 Å². The van der Waals surface area contributed by atoms with E-state index in [1.165, 1.54) is 11.1 Å². The molecule has 0 saturated heterocycles. The van der Waals surface area contributed by atoms with Crippen molar-refractivity contribution in [2.45, 2.75) is 39.3 Å². The molecule has 0 N–H and O–H groups in total. The number of nitrogens with zero attached hydrogens (tertiary/aromatic N) is 3. The SMILES string of the molecule is CCOC[C@@H]1CN(C(=O)CC2Cc3ccccc3C2)Cc2cncn2C1. The largest absolute Gasteiger partial charge is 0.381 e. The molecule has 26 heavy (non-hydrogen) atoms. The molecule has 0 spiro atoms. The topological polar surface area (TPSA) is 47.4 Å². The van der Waals surface area contributed by atoms with Crippen LogP contribution in [0.5, 0.6) is 0 Å². The van der Waals surface area contributed by atoms with Gasteiger partial charge in [0.2, 0.25) is 5.91 Å². The summed E-state index contributed by atoms with van der Waals surface area (Å²) in [7, 11) is 0. The van der Waals surface area contributed by atoms with Crippen molar-refractivity contribution in [2.24, 2.45) is 11.8 Å². The number of imidazole rings is 1. The second-order valence-corrected chi connectivity index (χ2v) is 7.58. The van der Waals surface area contributed by atoms with Crippen LogP contribution >= 0.6 is 0 Å². The van der Waals surface area contributed by atoms with Gasteiger partial charge in [-0.3, -0.25) is 4.79 Å². The first kappa shape index (κ1) is 17.3. The number of fused-ring (bicyclic) bond motifs is 2. The maximum Gasteiger partial charge on any atom is 0.223 e. The van der Waals surface area contributed by atoms with Crippen molar-refractivity contribution in [3.8, 4) is 0 Å². The van der Waals surface area contributed by atoms with Crippen molar-refractivity contribution in [1.82, 2.24) is 14.5 Å². The minimum absolute atomic E-state index is 0.263. The molecular weight excluding hydrogens is 326 g/mol. The number of benzene rings is 1. The summed E-state index contributed by atoms with van der Waals surface area (Å²) in [5, 5.41) is 0. The number of rotatable bonds is 5. The number of carbonyl (C=O) groups excluding carboxylic acids is 1. The molecule has 2 aliphatic rings. The van der Waals surface area contributed by atoms with Crippen molar-refractivity contribution in [1.29, 1.82) is 0 Å². The fourth-order valence-electron chi connectivity index (χ4n) is 4.30. The van der Waals surface area contributed by atoms with Gasteiger partial charge in [0.25, 0.3) is 0 Å². The van der Waals surface area contributed by atoms with Crippen molar-refractivity contribution >= 4 is 5.91 Å². The van der Waals surface area contributed by atoms with Crippen LogP contribution in [0.2, 0.25) is 0 Å². The zero-order valence-corrected chi connectivity index (χ0v) is 15.4. The quantitative estimate of drug-likeness (QED) is 0.830. The molecule has 0 fully saturated rings. The smallest absolute Gasteiger partial charge is 0.223 e. The van der Waals surface area contributed by atoms with E-state index in [9.17, 15) is 4.79 Å². The van der Waals surface area contributed by atoms with E-state index in [1.807, 2.05) is 24.3 Å². The van der Waals surface area contributed by atoms with Crippen molar-refractivity contribution in [3.63, 3.8) is 0 Å². The Bertz CT molecular complexity index is 745. The second-order valence-electron chi connectivity index (χ2n) is 7.58. The highest BCUT2D eigenvalue weighted by Crippen LogP contribution is 2.29. The van der Waals surface area contributed by atoms with Crippen LogP contribution in [-0.4, -0.2) is 40.1 Å². The Kier molecular flexibility index (Phi) is 5.07. The van der Waals surface area contributed by atoms with E-state index in [-0.39, 0.29) is 5.91 Å². The van der Waals surface area contributed by atoms with E-state index >= 15 is 0 Å². The first-order valence-corrected chi connectivity index (χ1v) is 9.64. The average molecular weight is 353 g/mol. The minimum atomic E-state index is 0.263. The molecule has 0 radical (unpaired) electrons. The molecule has 0 saturated carbocycles. The van der Waals surface area contributed by atoms with Crippen LogP contribution in [0.3, 0.4) is 0 Å². The highest BCUT2D eigenvalue weighted by atomic mass is 16.5. The normalized spacial score (nSPS) is 19.9. The fourth-order valence-corrected chi connectivity index (χ4v) is 4.30. The predicted octanol–water partition coefficient (Wildman–Crippen LogP) is 2.68. The molecule has 1 atom stereocenters. The summed E-state index contributed by atoms with van der Waals surface area (Å²) in [4.78, 5) is 19.4. The molecule has 4 rings (SSSR count). The van der Waals surface area contributed by atoms with E-state index in [0.717, 1.165) is 31.6 Å². The van der Waals surface area contributed by atoms with Gasteiger partial charge in [-0.25, -0.2) is 4.98 Å². The summed E-state index contributed by atoms with van der Waals surface area (Å²) in [6, 6.07) is 8.58. The highest BCUT2D eigenvalue weighted by Gasteiger charge is 2.29. The van der Waals surface area contributed by atoms with Crippen LogP contribution < -0.4 is 0 Å². The zero-order chi connectivity index (χ0) is 17.9. The standard InChI is InChI=1S/C21H27N3O2/c1-2-26-14-17-11-23(13-20-10-22-15-24(20)12-17)21(25)9-16-7-18-5-3-4-6-19(18)8-16/h3-6,10,15-17H,2,7-9,11-14H2,1H3/t17-/m1/s1. The monoisotopic (exact) mass is 353 g/mol. The van der Waals surface area contributed by atoms with Gasteiger partial charge >= 0.3 is 0 Å². The maximum atomic E-state index is 13.1. The number of hydrogen-bond acceptors (Lipinski definition) is 3. The van der Waals surface area contributed by atoms with Gasteiger partial charge in [-0.15, -0.1) is 0 Å². The first-order chi connectivity index (χ1) is 12.7. The van der Waals surface area contributed by atoms with Crippen molar-refractivity contribution in [3.05, 3.63) is 53.6 Å². The lowest BCUT2D eigenvalue weighted by atomic mass is 10.0. The Hall–Kier alpha value is -2.14. The number of ether oxygens (including phenoxy) is 1. The molecule has 2 aromatic rings.